The maximum absolute atomic E-state index is 6.16. The summed E-state index contributed by atoms with van der Waals surface area (Å²) < 4.78 is 0. The smallest absolute Gasteiger partial charge is 0.0167 e. The largest absolute Gasteiger partial charge is 0.327 e. The van der Waals surface area contributed by atoms with Gasteiger partial charge in [-0.05, 0) is 44.7 Å². The van der Waals surface area contributed by atoms with Crippen LogP contribution in [0.25, 0.3) is 0 Å². The van der Waals surface area contributed by atoms with Crippen LogP contribution in [0.2, 0.25) is 0 Å². The number of hydrogen-bond acceptors (Lipinski definition) is 2. The molecule has 0 aromatic rings. The second-order valence-corrected chi connectivity index (χ2v) is 5.45. The summed E-state index contributed by atoms with van der Waals surface area (Å²) in [6, 6.07) is 0.394. The molecule has 1 aliphatic rings. The van der Waals surface area contributed by atoms with Crippen LogP contribution < -0.4 is 5.73 Å². The third-order valence-electron chi connectivity index (χ3n) is 3.31. The zero-order chi connectivity index (χ0) is 11.1. The molecular weight excluding hydrogens is 184 g/mol. The van der Waals surface area contributed by atoms with Crippen LogP contribution >= 0.6 is 0 Å². The number of rotatable bonds is 5. The van der Waals surface area contributed by atoms with Crippen molar-refractivity contribution in [1.29, 1.82) is 0 Å². The molecule has 1 saturated heterocycles. The van der Waals surface area contributed by atoms with Gasteiger partial charge in [-0.15, -0.1) is 0 Å². The van der Waals surface area contributed by atoms with Crippen molar-refractivity contribution in [1.82, 2.24) is 4.90 Å². The van der Waals surface area contributed by atoms with E-state index in [1.807, 2.05) is 0 Å². The summed E-state index contributed by atoms with van der Waals surface area (Å²) in [7, 11) is 0. The summed E-state index contributed by atoms with van der Waals surface area (Å²) >= 11 is 0. The molecule has 2 nitrogen and oxygen atoms in total. The van der Waals surface area contributed by atoms with E-state index in [1.165, 1.54) is 51.6 Å². The van der Waals surface area contributed by atoms with Crippen LogP contribution in [-0.2, 0) is 0 Å². The van der Waals surface area contributed by atoms with Gasteiger partial charge in [-0.25, -0.2) is 0 Å². The van der Waals surface area contributed by atoms with Crippen LogP contribution in [0.3, 0.4) is 0 Å². The zero-order valence-corrected chi connectivity index (χ0v) is 10.5. The van der Waals surface area contributed by atoms with Gasteiger partial charge >= 0.3 is 0 Å². The molecule has 0 bridgehead atoms. The van der Waals surface area contributed by atoms with Gasteiger partial charge in [0.25, 0.3) is 0 Å². The van der Waals surface area contributed by atoms with Crippen LogP contribution in [0, 0.1) is 5.92 Å². The van der Waals surface area contributed by atoms with Crippen molar-refractivity contribution in [2.75, 3.05) is 19.6 Å². The van der Waals surface area contributed by atoms with E-state index in [1.54, 1.807) is 0 Å². The number of nitrogens with zero attached hydrogens (tertiary/aromatic N) is 1. The molecule has 0 aliphatic carbocycles. The first kappa shape index (κ1) is 13.0. The average Bonchev–Trinajstić information content (AvgIpc) is 2.43. The highest BCUT2D eigenvalue weighted by Gasteiger charge is 2.12. The summed E-state index contributed by atoms with van der Waals surface area (Å²) in [5.74, 6) is 0.792. The normalized spacial score (nSPS) is 21.6. The molecular formula is C13H28N2. The van der Waals surface area contributed by atoms with Gasteiger partial charge in [-0.3, -0.25) is 0 Å². The van der Waals surface area contributed by atoms with Crippen LogP contribution in [0.5, 0.6) is 0 Å². The van der Waals surface area contributed by atoms with Gasteiger partial charge in [0.05, 0.1) is 0 Å². The third-order valence-corrected chi connectivity index (χ3v) is 3.31. The molecule has 0 saturated carbocycles. The molecule has 1 rings (SSSR count). The van der Waals surface area contributed by atoms with Crippen LogP contribution in [-0.4, -0.2) is 30.6 Å². The van der Waals surface area contributed by atoms with E-state index in [0.29, 0.717) is 6.04 Å². The molecule has 1 unspecified atom stereocenters. The number of likely N-dealkylation sites (tertiary alicyclic amines) is 1. The molecule has 2 N–H and O–H groups in total. The fourth-order valence-electron chi connectivity index (χ4n) is 2.29. The molecule has 0 radical (unpaired) electrons. The van der Waals surface area contributed by atoms with E-state index in [9.17, 15) is 0 Å². The topological polar surface area (TPSA) is 29.3 Å². The molecule has 0 amide bonds. The summed E-state index contributed by atoms with van der Waals surface area (Å²) in [5.41, 5.74) is 6.16. The molecule has 1 atom stereocenters. The number of nitrogens with two attached hydrogens (primary N) is 1. The Morgan fingerprint density at radius 1 is 1.00 bits per heavy atom. The van der Waals surface area contributed by atoms with E-state index in [0.717, 1.165) is 12.5 Å². The fraction of sp³-hybridized carbons (Fsp3) is 1.00. The Morgan fingerprint density at radius 2 is 1.60 bits per heavy atom. The molecule has 90 valence electrons. The highest BCUT2D eigenvalue weighted by molar-refractivity contribution is 4.71. The first-order valence-electron chi connectivity index (χ1n) is 6.66. The molecule has 1 aliphatic heterocycles. The maximum Gasteiger partial charge on any atom is 0.0167 e. The predicted octanol–water partition coefficient (Wildman–Crippen LogP) is 2.63. The molecule has 1 fully saturated rings. The Hall–Kier alpha value is -0.0800. The molecule has 2 heteroatoms. The van der Waals surface area contributed by atoms with Crippen molar-refractivity contribution in [3.8, 4) is 0 Å². The molecule has 0 spiro atoms. The summed E-state index contributed by atoms with van der Waals surface area (Å²) in [6.07, 6.45) is 8.03. The Morgan fingerprint density at radius 3 is 2.13 bits per heavy atom. The Kier molecular flexibility index (Phi) is 6.26. The van der Waals surface area contributed by atoms with Crippen molar-refractivity contribution in [2.24, 2.45) is 11.7 Å². The van der Waals surface area contributed by atoms with Crippen molar-refractivity contribution >= 4 is 0 Å². The van der Waals surface area contributed by atoms with Crippen LogP contribution in [0.15, 0.2) is 0 Å². The van der Waals surface area contributed by atoms with Gasteiger partial charge in [-0.1, -0.05) is 26.7 Å². The van der Waals surface area contributed by atoms with Gasteiger partial charge < -0.3 is 10.6 Å². The molecule has 0 aromatic carbocycles. The van der Waals surface area contributed by atoms with Gasteiger partial charge in [-0.2, -0.15) is 0 Å². The van der Waals surface area contributed by atoms with E-state index in [4.69, 9.17) is 5.73 Å². The highest BCUT2D eigenvalue weighted by atomic mass is 15.1. The fourth-order valence-corrected chi connectivity index (χ4v) is 2.29. The van der Waals surface area contributed by atoms with Crippen molar-refractivity contribution in [3.63, 3.8) is 0 Å². The minimum atomic E-state index is 0.394. The van der Waals surface area contributed by atoms with Crippen LogP contribution in [0.4, 0.5) is 0 Å². The first-order chi connectivity index (χ1) is 7.18. The highest BCUT2D eigenvalue weighted by Crippen LogP contribution is 2.11. The summed E-state index contributed by atoms with van der Waals surface area (Å²) in [4.78, 5) is 2.57. The van der Waals surface area contributed by atoms with Gasteiger partial charge in [0, 0.05) is 12.6 Å². The van der Waals surface area contributed by atoms with Gasteiger partial charge in [0.2, 0.25) is 0 Å². The first-order valence-corrected chi connectivity index (χ1v) is 6.66. The SMILES string of the molecule is CC(C)CCC(N)CN1CCCCCC1. The second kappa shape index (κ2) is 7.24. The van der Waals surface area contributed by atoms with E-state index < -0.39 is 0 Å². The lowest BCUT2D eigenvalue weighted by molar-refractivity contribution is 0.258. The lowest BCUT2D eigenvalue weighted by Crippen LogP contribution is -2.38. The predicted molar refractivity (Wildman–Crippen MR) is 67.0 cm³/mol. The summed E-state index contributed by atoms with van der Waals surface area (Å²) in [5, 5.41) is 0. The van der Waals surface area contributed by atoms with Crippen molar-refractivity contribution < 1.29 is 0 Å². The number of hydrogen-bond donors (Lipinski definition) is 1. The van der Waals surface area contributed by atoms with Gasteiger partial charge in [0.15, 0.2) is 0 Å². The Bertz CT molecular complexity index is 149. The van der Waals surface area contributed by atoms with Crippen molar-refractivity contribution in [2.45, 2.75) is 58.4 Å². The quantitative estimate of drug-likeness (QED) is 0.759. The zero-order valence-electron chi connectivity index (χ0n) is 10.5. The minimum absolute atomic E-state index is 0.394. The standard InChI is InChI=1S/C13H28N2/c1-12(2)7-8-13(14)11-15-9-5-3-4-6-10-15/h12-13H,3-11,14H2,1-2H3. The minimum Gasteiger partial charge on any atom is -0.327 e. The van der Waals surface area contributed by atoms with E-state index >= 15 is 0 Å². The molecule has 0 aromatic heterocycles. The average molecular weight is 212 g/mol. The van der Waals surface area contributed by atoms with E-state index in [2.05, 4.69) is 18.7 Å². The Balaban J connectivity index is 2.14. The summed E-state index contributed by atoms with van der Waals surface area (Å²) in [6.45, 7) is 8.22. The molecule has 1 heterocycles. The monoisotopic (exact) mass is 212 g/mol. The van der Waals surface area contributed by atoms with E-state index in [-0.39, 0.29) is 0 Å². The maximum atomic E-state index is 6.16. The second-order valence-electron chi connectivity index (χ2n) is 5.45. The van der Waals surface area contributed by atoms with Crippen LogP contribution in [0.1, 0.15) is 52.4 Å². The third kappa shape index (κ3) is 6.16. The van der Waals surface area contributed by atoms with Gasteiger partial charge in [0.1, 0.15) is 0 Å². The Labute approximate surface area is 95.2 Å². The lowest BCUT2D eigenvalue weighted by Gasteiger charge is -2.24. The molecule has 15 heavy (non-hydrogen) atoms. The lowest BCUT2D eigenvalue weighted by atomic mass is 10.0. The van der Waals surface area contributed by atoms with Crippen molar-refractivity contribution in [3.05, 3.63) is 0 Å².